The molecule has 0 aliphatic rings. The summed E-state index contributed by atoms with van der Waals surface area (Å²) in [6.45, 7) is 7.01. The summed E-state index contributed by atoms with van der Waals surface area (Å²) in [5.41, 5.74) is 1.45. The Kier molecular flexibility index (Phi) is 2.81. The molecule has 1 aromatic rings. The molecular formula is C11H11F. The second-order valence-electron chi connectivity index (χ2n) is 2.47. The van der Waals surface area contributed by atoms with Crippen molar-refractivity contribution in [3.05, 3.63) is 54.6 Å². The molecule has 0 saturated heterocycles. The maximum atomic E-state index is 13.1. The lowest BCUT2D eigenvalue weighted by molar-refractivity contribution is 0.415. The molecule has 0 aliphatic heterocycles. The highest BCUT2D eigenvalue weighted by molar-refractivity contribution is 5.53. The third-order valence-corrected chi connectivity index (χ3v) is 1.72. The number of allylic oxidation sites excluding steroid dienone is 1. The van der Waals surface area contributed by atoms with Gasteiger partial charge in [0.2, 0.25) is 0 Å². The summed E-state index contributed by atoms with van der Waals surface area (Å²) in [7, 11) is 0. The molecule has 0 fully saturated rings. The van der Waals surface area contributed by atoms with Crippen molar-refractivity contribution in [3.63, 3.8) is 0 Å². The number of alkyl halides is 1. The molecule has 0 saturated carbocycles. The summed E-state index contributed by atoms with van der Waals surface area (Å²) in [6, 6.07) is 7.23. The van der Waals surface area contributed by atoms with Crippen LogP contribution in [0.25, 0.3) is 6.08 Å². The molecule has 0 aliphatic carbocycles. The third kappa shape index (κ3) is 1.62. The van der Waals surface area contributed by atoms with E-state index in [0.717, 1.165) is 5.56 Å². The van der Waals surface area contributed by atoms with Crippen molar-refractivity contribution in [1.29, 1.82) is 0 Å². The van der Waals surface area contributed by atoms with Crippen molar-refractivity contribution in [3.8, 4) is 0 Å². The van der Waals surface area contributed by atoms with Crippen LogP contribution in [0.15, 0.2) is 43.5 Å². The number of halogens is 1. The van der Waals surface area contributed by atoms with Gasteiger partial charge in [-0.15, -0.1) is 0 Å². The van der Waals surface area contributed by atoms with Crippen molar-refractivity contribution in [2.45, 2.75) is 6.17 Å². The highest BCUT2D eigenvalue weighted by Gasteiger charge is 2.06. The van der Waals surface area contributed by atoms with E-state index in [1.165, 1.54) is 6.08 Å². The first-order valence-electron chi connectivity index (χ1n) is 3.77. The van der Waals surface area contributed by atoms with Crippen molar-refractivity contribution in [1.82, 2.24) is 0 Å². The molecule has 1 atom stereocenters. The zero-order valence-electron chi connectivity index (χ0n) is 6.83. The van der Waals surface area contributed by atoms with Crippen LogP contribution in [0.5, 0.6) is 0 Å². The molecule has 0 aromatic heterocycles. The lowest BCUT2D eigenvalue weighted by Crippen LogP contribution is -1.89. The Morgan fingerprint density at radius 2 is 1.92 bits per heavy atom. The van der Waals surface area contributed by atoms with E-state index in [1.54, 1.807) is 18.2 Å². The van der Waals surface area contributed by atoms with Crippen molar-refractivity contribution in [2.24, 2.45) is 0 Å². The van der Waals surface area contributed by atoms with E-state index in [1.807, 2.05) is 12.1 Å². The van der Waals surface area contributed by atoms with Gasteiger partial charge in [-0.3, -0.25) is 0 Å². The summed E-state index contributed by atoms with van der Waals surface area (Å²) in [4.78, 5) is 0. The van der Waals surface area contributed by atoms with Crippen molar-refractivity contribution >= 4 is 6.08 Å². The molecule has 0 heterocycles. The quantitative estimate of drug-likeness (QED) is 0.596. The first kappa shape index (κ1) is 8.72. The Morgan fingerprint density at radius 1 is 1.25 bits per heavy atom. The molecule has 1 rings (SSSR count). The van der Waals surface area contributed by atoms with E-state index in [4.69, 9.17) is 0 Å². The minimum absolute atomic E-state index is 0.627. The van der Waals surface area contributed by atoms with Crippen LogP contribution in [0.4, 0.5) is 4.39 Å². The van der Waals surface area contributed by atoms with Gasteiger partial charge < -0.3 is 0 Å². The largest absolute Gasteiger partial charge is 0.238 e. The molecule has 1 aromatic carbocycles. The van der Waals surface area contributed by atoms with Crippen LogP contribution in [0.3, 0.4) is 0 Å². The van der Waals surface area contributed by atoms with E-state index in [-0.39, 0.29) is 0 Å². The van der Waals surface area contributed by atoms with Gasteiger partial charge in [0.15, 0.2) is 0 Å². The predicted octanol–water partition coefficient (Wildman–Crippen LogP) is 3.53. The number of hydrogen-bond acceptors (Lipinski definition) is 0. The fourth-order valence-electron chi connectivity index (χ4n) is 1.07. The average Bonchev–Trinajstić information content (AvgIpc) is 2.16. The van der Waals surface area contributed by atoms with Crippen LogP contribution < -0.4 is 0 Å². The maximum absolute atomic E-state index is 13.1. The van der Waals surface area contributed by atoms with Gasteiger partial charge in [0.05, 0.1) is 0 Å². The van der Waals surface area contributed by atoms with E-state index in [9.17, 15) is 4.39 Å². The molecule has 0 amide bonds. The van der Waals surface area contributed by atoms with Crippen LogP contribution in [-0.4, -0.2) is 0 Å². The van der Waals surface area contributed by atoms with Crippen LogP contribution in [0.1, 0.15) is 17.3 Å². The third-order valence-electron chi connectivity index (χ3n) is 1.72. The van der Waals surface area contributed by atoms with Gasteiger partial charge in [-0.1, -0.05) is 49.6 Å². The van der Waals surface area contributed by atoms with Gasteiger partial charge in [0.25, 0.3) is 0 Å². The highest BCUT2D eigenvalue weighted by Crippen LogP contribution is 2.22. The lowest BCUT2D eigenvalue weighted by atomic mass is 10.0. The summed E-state index contributed by atoms with van der Waals surface area (Å²) >= 11 is 0. The monoisotopic (exact) mass is 162 g/mol. The molecule has 0 nitrogen and oxygen atoms in total. The molecule has 0 N–H and O–H groups in total. The van der Waals surface area contributed by atoms with E-state index < -0.39 is 6.17 Å². The Bertz CT molecular complexity index is 289. The molecule has 1 heteroatoms. The smallest absolute Gasteiger partial charge is 0.144 e. The topological polar surface area (TPSA) is 0 Å². The summed E-state index contributed by atoms with van der Waals surface area (Å²) in [5.74, 6) is 0. The molecule has 0 spiro atoms. The highest BCUT2D eigenvalue weighted by atomic mass is 19.1. The maximum Gasteiger partial charge on any atom is 0.144 e. The molecule has 0 radical (unpaired) electrons. The fourth-order valence-corrected chi connectivity index (χ4v) is 1.07. The zero-order valence-corrected chi connectivity index (χ0v) is 6.83. The second-order valence-corrected chi connectivity index (χ2v) is 2.47. The summed E-state index contributed by atoms with van der Waals surface area (Å²) in [5, 5.41) is 0. The number of benzene rings is 1. The SMILES string of the molecule is C=Cc1ccccc1C(F)C=C. The first-order valence-corrected chi connectivity index (χ1v) is 3.77. The van der Waals surface area contributed by atoms with Crippen LogP contribution in [-0.2, 0) is 0 Å². The normalized spacial score (nSPS) is 12.1. The van der Waals surface area contributed by atoms with Gasteiger partial charge in [-0.05, 0) is 11.1 Å². The van der Waals surface area contributed by atoms with Crippen LogP contribution in [0, 0.1) is 0 Å². The van der Waals surface area contributed by atoms with E-state index >= 15 is 0 Å². The number of hydrogen-bond donors (Lipinski definition) is 0. The Balaban J connectivity index is 3.12. The Morgan fingerprint density at radius 3 is 2.50 bits per heavy atom. The van der Waals surface area contributed by atoms with Crippen LogP contribution in [0.2, 0.25) is 0 Å². The van der Waals surface area contributed by atoms with Crippen molar-refractivity contribution in [2.75, 3.05) is 0 Å². The van der Waals surface area contributed by atoms with Gasteiger partial charge >= 0.3 is 0 Å². The molecule has 12 heavy (non-hydrogen) atoms. The molecule has 0 bridgehead atoms. The van der Waals surface area contributed by atoms with Crippen molar-refractivity contribution < 1.29 is 4.39 Å². The minimum atomic E-state index is -1.10. The van der Waals surface area contributed by atoms with Gasteiger partial charge in [-0.25, -0.2) is 4.39 Å². The molecule has 1 unspecified atom stereocenters. The second kappa shape index (κ2) is 3.86. The van der Waals surface area contributed by atoms with Crippen LogP contribution >= 0.6 is 0 Å². The lowest BCUT2D eigenvalue weighted by Gasteiger charge is -2.06. The minimum Gasteiger partial charge on any atom is -0.238 e. The van der Waals surface area contributed by atoms with E-state index in [0.29, 0.717) is 5.56 Å². The van der Waals surface area contributed by atoms with Gasteiger partial charge in [0.1, 0.15) is 6.17 Å². The predicted molar refractivity (Wildman–Crippen MR) is 50.6 cm³/mol. The van der Waals surface area contributed by atoms with E-state index in [2.05, 4.69) is 13.2 Å². The Labute approximate surface area is 72.0 Å². The number of rotatable bonds is 3. The summed E-state index contributed by atoms with van der Waals surface area (Å²) in [6.07, 6.45) is 1.83. The Hall–Kier alpha value is -1.37. The standard InChI is InChI=1S/C11H11F/c1-3-9-7-5-6-8-10(9)11(12)4-2/h3-8,11H,1-2H2. The molecular weight excluding hydrogens is 151 g/mol. The molecule has 62 valence electrons. The van der Waals surface area contributed by atoms with Gasteiger partial charge in [0, 0.05) is 0 Å². The average molecular weight is 162 g/mol. The fraction of sp³-hybridized carbons (Fsp3) is 0.0909. The summed E-state index contributed by atoms with van der Waals surface area (Å²) < 4.78 is 13.1. The first-order chi connectivity index (χ1) is 5.79. The van der Waals surface area contributed by atoms with Gasteiger partial charge in [-0.2, -0.15) is 0 Å². The zero-order chi connectivity index (χ0) is 8.97.